The molecule has 15 N–H and O–H groups in total. The Kier molecular flexibility index (Phi) is 33.5. The molecule has 2 aliphatic heterocycles. The van der Waals surface area contributed by atoms with Crippen molar-refractivity contribution in [2.75, 3.05) is 45.0 Å². The molecule has 7 aromatic rings. The molecular formula is C99H112N8O25S2. The quantitative estimate of drug-likeness (QED) is 0.00970. The van der Waals surface area contributed by atoms with Crippen LogP contribution in [0.3, 0.4) is 0 Å². The Labute approximate surface area is 781 Å². The monoisotopic (exact) mass is 1880 g/mol. The fourth-order valence-corrected chi connectivity index (χ4v) is 20.3. The molecule has 7 aromatic carbocycles. The first-order chi connectivity index (χ1) is 64.3. The van der Waals surface area contributed by atoms with E-state index in [0.29, 0.717) is 23.1 Å². The number of allylic oxidation sites excluding steroid dienone is 1. The molecule has 4 aliphatic carbocycles. The Morgan fingerprint density at radius 3 is 1.98 bits per heavy atom. The van der Waals surface area contributed by atoms with E-state index in [9.17, 15) is 74.1 Å². The number of aliphatic hydroxyl groups is 5. The molecule has 35 heteroatoms. The molecule has 0 saturated carbocycles. The summed E-state index contributed by atoms with van der Waals surface area (Å²) in [4.78, 5) is 191. The SMILES string of the molecule is COc1cccc2c1C(=O)c1c(O)c3c(c(O)c1C2=O)C[C@@](O)(C(=O)COC(=O)CCCC(=O)N[C@H](Cc1ccccc1)C(=O)N[C@H]1CSSC[C@@H](C(=O)N[C@H](CO)[C@@H](C)O)NC(=O)[C@H]([C@@H](C)O)NC(=O)[C@H](CCCCNC(=O)OCC2c4ccccc4-c4ccccc42)NC(=O)[C@@H](CC2=CCc4ccccc42)NC(=O)[C@H](Cc2ccccc2)CC1=O)C[C@@H]3O[C@H]1C[C@H](C)[C@H](O)[C@H](C)O1. The van der Waals surface area contributed by atoms with Crippen molar-refractivity contribution in [3.05, 3.63) is 224 Å². The third-order valence-electron chi connectivity index (χ3n) is 25.3. The number of benzene rings is 7. The van der Waals surface area contributed by atoms with Gasteiger partial charge in [-0.05, 0) is 121 Å². The Morgan fingerprint density at radius 1 is 0.657 bits per heavy atom. The van der Waals surface area contributed by atoms with Gasteiger partial charge in [0.1, 0.15) is 59.7 Å². The number of hydrogen-bond acceptors (Lipinski definition) is 27. The number of unbranched alkanes of at least 4 members (excludes halogenated alkanes) is 1. The average molecular weight is 1880 g/mol. The normalized spacial score (nSPS) is 23.6. The number of alkyl carbamates (subject to hydrolysis) is 1. The lowest BCUT2D eigenvalue weighted by Crippen LogP contribution is -2.61. The van der Waals surface area contributed by atoms with Crippen molar-refractivity contribution in [2.45, 2.75) is 208 Å². The van der Waals surface area contributed by atoms with Crippen molar-refractivity contribution in [1.29, 1.82) is 0 Å². The fourth-order valence-electron chi connectivity index (χ4n) is 18.0. The van der Waals surface area contributed by atoms with Crippen LogP contribution in [0, 0.1) is 11.8 Å². The van der Waals surface area contributed by atoms with E-state index >= 15 is 24.0 Å². The van der Waals surface area contributed by atoms with Gasteiger partial charge in [0.2, 0.25) is 52.9 Å². The molecule has 0 radical (unpaired) electrons. The number of rotatable bonds is 31. The summed E-state index contributed by atoms with van der Waals surface area (Å²) in [5.74, 6) is -15.3. The van der Waals surface area contributed by atoms with Crippen molar-refractivity contribution < 1.29 is 122 Å². The lowest BCUT2D eigenvalue weighted by molar-refractivity contribution is -0.255. The number of fused-ring (bicyclic) bond motifs is 7. The van der Waals surface area contributed by atoms with Gasteiger partial charge in [0, 0.05) is 97.9 Å². The third kappa shape index (κ3) is 23.8. The lowest BCUT2D eigenvalue weighted by atomic mass is 9.72. The first-order valence-electron chi connectivity index (χ1n) is 44.9. The van der Waals surface area contributed by atoms with Gasteiger partial charge in [0.15, 0.2) is 24.5 Å². The average Bonchev–Trinajstić information content (AvgIpc) is 0.956. The molecular weight excluding hydrogens is 1770 g/mol. The van der Waals surface area contributed by atoms with E-state index in [1.807, 2.05) is 78.9 Å². The molecule has 8 amide bonds. The molecule has 2 heterocycles. The van der Waals surface area contributed by atoms with Gasteiger partial charge in [0.25, 0.3) is 0 Å². The molecule has 16 atom stereocenters. The fraction of sp³-hybridized carbons (Fsp3) is 0.424. The molecule has 0 aromatic heterocycles. The number of carbonyl (C=O) groups is 13. The number of aromatic hydroxyl groups is 2. The predicted octanol–water partition coefficient (Wildman–Crippen LogP) is 6.37. The summed E-state index contributed by atoms with van der Waals surface area (Å²) in [7, 11) is 3.13. The van der Waals surface area contributed by atoms with Crippen molar-refractivity contribution in [3.63, 3.8) is 0 Å². The maximum Gasteiger partial charge on any atom is 0.407 e. The molecule has 33 nitrogen and oxygen atoms in total. The summed E-state index contributed by atoms with van der Waals surface area (Å²) < 4.78 is 29.0. The topological polar surface area (TPSA) is 506 Å². The van der Waals surface area contributed by atoms with E-state index in [4.69, 9.17) is 23.7 Å². The Morgan fingerprint density at radius 2 is 1.30 bits per heavy atom. The van der Waals surface area contributed by atoms with Crippen LogP contribution in [0.2, 0.25) is 0 Å². The minimum absolute atomic E-state index is 0.00674. The predicted molar refractivity (Wildman–Crippen MR) is 493 cm³/mol. The van der Waals surface area contributed by atoms with Gasteiger partial charge in [-0.1, -0.05) is 180 Å². The number of hydrogen-bond donors (Lipinski definition) is 15. The molecule has 2 fully saturated rings. The zero-order valence-corrected chi connectivity index (χ0v) is 76.3. The Balaban J connectivity index is 0.726. The van der Waals surface area contributed by atoms with Crippen LogP contribution in [0.1, 0.15) is 180 Å². The third-order valence-corrected chi connectivity index (χ3v) is 27.8. The maximum absolute atomic E-state index is 15.6. The number of carbonyl (C=O) groups excluding carboxylic acids is 13. The maximum atomic E-state index is 15.6. The first-order valence-corrected chi connectivity index (χ1v) is 47.4. The number of ketones is 4. The van der Waals surface area contributed by atoms with Crippen molar-refractivity contribution in [2.24, 2.45) is 11.8 Å². The van der Waals surface area contributed by atoms with Gasteiger partial charge in [-0.3, -0.25) is 57.5 Å². The van der Waals surface area contributed by atoms with Gasteiger partial charge >= 0.3 is 12.1 Å². The second kappa shape index (κ2) is 45.2. The number of amides is 8. The summed E-state index contributed by atoms with van der Waals surface area (Å²) in [5.41, 5.74) is 2.92. The minimum Gasteiger partial charge on any atom is -0.507 e. The van der Waals surface area contributed by atoms with Gasteiger partial charge in [-0.2, -0.15) is 0 Å². The molecule has 13 rings (SSSR count). The molecule has 0 spiro atoms. The van der Waals surface area contributed by atoms with E-state index in [1.165, 1.54) is 39.2 Å². The van der Waals surface area contributed by atoms with Crippen LogP contribution in [0.4, 0.5) is 4.79 Å². The second-order valence-electron chi connectivity index (χ2n) is 34.8. The first kappa shape index (κ1) is 99.3. The number of esters is 1. The molecule has 0 unspecified atom stereocenters. The van der Waals surface area contributed by atoms with Crippen molar-refractivity contribution in [1.82, 2.24) is 42.5 Å². The summed E-state index contributed by atoms with van der Waals surface area (Å²) >= 11 is 0. The van der Waals surface area contributed by atoms with Gasteiger partial charge in [-0.15, -0.1) is 0 Å². The van der Waals surface area contributed by atoms with Crippen LogP contribution in [0.25, 0.3) is 16.7 Å². The molecule has 6 aliphatic rings. The van der Waals surface area contributed by atoms with Gasteiger partial charge < -0.3 is 102 Å². The highest BCUT2D eigenvalue weighted by Crippen LogP contribution is 2.53. The molecule has 2 saturated heterocycles. The van der Waals surface area contributed by atoms with E-state index < -0.39 is 241 Å². The number of methoxy groups -OCH3 is 1. The highest BCUT2D eigenvalue weighted by molar-refractivity contribution is 8.76. The van der Waals surface area contributed by atoms with E-state index in [1.54, 1.807) is 74.5 Å². The molecule has 0 bridgehead atoms. The number of Topliss-reactive ketones (excluding diaryl/α,β-unsaturated/α-hetero) is 2. The largest absolute Gasteiger partial charge is 0.507 e. The van der Waals surface area contributed by atoms with Crippen LogP contribution in [-0.4, -0.2) is 236 Å². The van der Waals surface area contributed by atoms with Crippen LogP contribution < -0.4 is 47.3 Å². The number of phenols is 2. The number of aliphatic hydroxyl groups excluding tert-OH is 4. The highest BCUT2D eigenvalue weighted by Gasteiger charge is 2.52. The van der Waals surface area contributed by atoms with Crippen LogP contribution in [0.15, 0.2) is 158 Å². The summed E-state index contributed by atoms with van der Waals surface area (Å²) in [5, 5.41) is 101. The summed E-state index contributed by atoms with van der Waals surface area (Å²) in [6.45, 7) is 4.08. The van der Waals surface area contributed by atoms with Crippen LogP contribution in [-0.2, 0) is 92.6 Å². The lowest BCUT2D eigenvalue weighted by Gasteiger charge is -2.42. The van der Waals surface area contributed by atoms with Crippen molar-refractivity contribution >= 4 is 104 Å². The molecule has 710 valence electrons. The highest BCUT2D eigenvalue weighted by atomic mass is 33.1. The van der Waals surface area contributed by atoms with Gasteiger partial charge in [0.05, 0.1) is 73.0 Å². The number of nitrogens with one attached hydrogen (secondary N) is 8. The summed E-state index contributed by atoms with van der Waals surface area (Å²) in [6.07, 6.45) is -9.24. The number of ether oxygens (including phenoxy) is 5. The van der Waals surface area contributed by atoms with E-state index in [2.05, 4.69) is 42.5 Å². The molecule has 134 heavy (non-hydrogen) atoms. The standard InChI is InChI=1S/C99H112N8O25S2/c1-52-40-81(131-55(4)87(52)115)132-77-46-99(127,45-67-83(77)91(119)85-84(89(67)117)88(116)66-32-20-34-76(128-5)82(66)90(85)118)78(112)49-129-80(114)36-21-35-79(113)101-70(42-57-24-10-7-11-25-57)94(122)105-73-50-133-134-51-74(96(124)104-72(47-108)53(2)109)106-97(125)86(54(3)110)107-93(121)69(33-18-19-39-100-98(126)130-48-68-64-30-16-14-28-62(64)63-29-15-17-31-65(63)68)102-95(123)71(43-59-38-37-58-26-12-13-27-61(58)59)103-92(120)60(44-75(73)111)41-56-22-8-6-9-23-56/h6-17,20,22-32,34,38,52-55,60,68-74,77,81,86-87,108-110,115,117,119,127H,18-19,21,33,35-37,39-51H2,1-5H3,(H,100,126)(H,101,113)(H,102,123)(H,103,120)(H,104,124)(H,105,122)(H,106,125)(H,107,121)/t52-,53+,54+,55-,60+,69-,70+,71+,72+,73-,74-,77-,81-,86-,87-,99-/m0/s1. The Hall–Kier alpha value is -12.2. The summed E-state index contributed by atoms with van der Waals surface area (Å²) in [6, 6.07) is 33.8. The number of phenolic OH excluding ortho intramolecular Hbond substituents is 2. The van der Waals surface area contributed by atoms with E-state index in [-0.39, 0.29) is 110 Å². The Bertz CT molecular complexity index is 5530. The zero-order valence-electron chi connectivity index (χ0n) is 74.7. The van der Waals surface area contributed by atoms with Gasteiger partial charge in [-0.25, -0.2) is 4.79 Å². The van der Waals surface area contributed by atoms with E-state index in [0.717, 1.165) is 55.0 Å². The van der Waals surface area contributed by atoms with Crippen LogP contribution >= 0.6 is 21.6 Å². The van der Waals surface area contributed by atoms with Crippen LogP contribution in [0.5, 0.6) is 17.2 Å². The van der Waals surface area contributed by atoms with Crippen molar-refractivity contribution in [3.8, 4) is 28.4 Å². The second-order valence-corrected chi connectivity index (χ2v) is 37.4. The minimum atomic E-state index is -2.57. The smallest absolute Gasteiger partial charge is 0.407 e. The zero-order chi connectivity index (χ0) is 95.8.